The second kappa shape index (κ2) is 7.99. The Balaban J connectivity index is 2.37. The highest BCUT2D eigenvalue weighted by molar-refractivity contribution is 6.33. The van der Waals surface area contributed by atoms with Gasteiger partial charge in [-0.25, -0.2) is 4.99 Å². The standard InChI is InChI=1S/C19H21ClF3N3/c1-5-25(3)12-24-17-9-13(2)18(11-16(17)20)26(4)15-8-6-7-14(10-15)19(21,22)23/h6-12H,5H2,1-4H3. The number of hydrogen-bond donors (Lipinski definition) is 0. The molecule has 0 aliphatic heterocycles. The molecule has 0 aliphatic carbocycles. The third kappa shape index (κ3) is 4.69. The maximum atomic E-state index is 12.9. The summed E-state index contributed by atoms with van der Waals surface area (Å²) in [5.74, 6) is 0. The van der Waals surface area contributed by atoms with Crippen molar-refractivity contribution in [1.82, 2.24) is 4.90 Å². The van der Waals surface area contributed by atoms with Gasteiger partial charge < -0.3 is 9.80 Å². The summed E-state index contributed by atoms with van der Waals surface area (Å²) in [6, 6.07) is 8.74. The lowest BCUT2D eigenvalue weighted by molar-refractivity contribution is -0.137. The second-order valence-electron chi connectivity index (χ2n) is 6.02. The van der Waals surface area contributed by atoms with E-state index < -0.39 is 11.7 Å². The first-order valence-corrected chi connectivity index (χ1v) is 8.46. The van der Waals surface area contributed by atoms with Crippen LogP contribution in [0.3, 0.4) is 0 Å². The van der Waals surface area contributed by atoms with Crippen LogP contribution in [0.5, 0.6) is 0 Å². The molecule has 0 spiro atoms. The quantitative estimate of drug-likeness (QED) is 0.462. The van der Waals surface area contributed by atoms with Gasteiger partial charge in [-0.2, -0.15) is 13.2 Å². The molecule has 0 saturated heterocycles. The number of halogens is 4. The fourth-order valence-corrected chi connectivity index (χ4v) is 2.60. The van der Waals surface area contributed by atoms with Crippen molar-refractivity contribution < 1.29 is 13.2 Å². The molecule has 0 atom stereocenters. The fraction of sp³-hybridized carbons (Fsp3) is 0.316. The van der Waals surface area contributed by atoms with Crippen LogP contribution in [-0.2, 0) is 6.18 Å². The average molecular weight is 384 g/mol. The summed E-state index contributed by atoms with van der Waals surface area (Å²) < 4.78 is 38.8. The van der Waals surface area contributed by atoms with Gasteiger partial charge in [0, 0.05) is 32.0 Å². The first kappa shape index (κ1) is 20.1. The summed E-state index contributed by atoms with van der Waals surface area (Å²) in [6.07, 6.45) is -2.69. The number of rotatable bonds is 5. The average Bonchev–Trinajstić information content (AvgIpc) is 2.60. The molecule has 0 heterocycles. The summed E-state index contributed by atoms with van der Waals surface area (Å²) in [6.45, 7) is 4.70. The maximum absolute atomic E-state index is 12.9. The molecule has 0 amide bonds. The van der Waals surface area contributed by atoms with E-state index in [0.29, 0.717) is 16.4 Å². The van der Waals surface area contributed by atoms with Crippen LogP contribution in [0.25, 0.3) is 0 Å². The summed E-state index contributed by atoms with van der Waals surface area (Å²) in [5.41, 5.74) is 1.94. The molecule has 0 unspecified atom stereocenters. The Labute approximate surface area is 156 Å². The molecule has 0 radical (unpaired) electrons. The van der Waals surface area contributed by atoms with Crippen LogP contribution in [0.15, 0.2) is 41.4 Å². The lowest BCUT2D eigenvalue weighted by Gasteiger charge is -2.23. The first-order chi connectivity index (χ1) is 12.1. The summed E-state index contributed by atoms with van der Waals surface area (Å²) in [5, 5.41) is 0.435. The lowest BCUT2D eigenvalue weighted by atomic mass is 10.1. The Bertz CT molecular complexity index is 803. The van der Waals surface area contributed by atoms with Crippen LogP contribution in [0.4, 0.5) is 30.2 Å². The molecule has 0 aliphatic rings. The van der Waals surface area contributed by atoms with Gasteiger partial charge in [0.15, 0.2) is 0 Å². The Morgan fingerprint density at radius 3 is 2.46 bits per heavy atom. The molecule has 0 N–H and O–H groups in total. The molecule has 7 heteroatoms. The van der Waals surface area contributed by atoms with Gasteiger partial charge in [0.05, 0.1) is 22.6 Å². The maximum Gasteiger partial charge on any atom is 0.416 e. The molecule has 2 aromatic rings. The van der Waals surface area contributed by atoms with E-state index in [1.54, 1.807) is 30.4 Å². The van der Waals surface area contributed by atoms with E-state index in [4.69, 9.17) is 11.6 Å². The van der Waals surface area contributed by atoms with Crippen LogP contribution in [0.2, 0.25) is 5.02 Å². The minimum absolute atomic E-state index is 0.431. The Kier molecular flexibility index (Phi) is 6.18. The van der Waals surface area contributed by atoms with Gasteiger partial charge in [0.2, 0.25) is 0 Å². The molecule has 0 bridgehead atoms. The Morgan fingerprint density at radius 1 is 1.15 bits per heavy atom. The second-order valence-corrected chi connectivity index (χ2v) is 6.42. The van der Waals surface area contributed by atoms with Crippen LogP contribution in [0, 0.1) is 6.92 Å². The topological polar surface area (TPSA) is 18.8 Å². The van der Waals surface area contributed by atoms with Crippen molar-refractivity contribution in [3.8, 4) is 0 Å². The largest absolute Gasteiger partial charge is 0.416 e. The minimum atomic E-state index is -4.38. The van der Waals surface area contributed by atoms with Crippen LogP contribution < -0.4 is 4.90 Å². The Hall–Kier alpha value is -2.21. The number of benzene rings is 2. The van der Waals surface area contributed by atoms with Gasteiger partial charge in [-0.3, -0.25) is 0 Å². The van der Waals surface area contributed by atoms with E-state index in [1.165, 1.54) is 6.07 Å². The number of anilines is 2. The number of hydrogen-bond acceptors (Lipinski definition) is 2. The molecule has 0 aromatic heterocycles. The molecule has 140 valence electrons. The number of nitrogens with zero attached hydrogens (tertiary/aromatic N) is 3. The van der Waals surface area contributed by atoms with E-state index >= 15 is 0 Å². The van der Waals surface area contributed by atoms with Crippen molar-refractivity contribution in [3.63, 3.8) is 0 Å². The van der Waals surface area contributed by atoms with E-state index in [9.17, 15) is 13.2 Å². The van der Waals surface area contributed by atoms with Gasteiger partial charge in [-0.1, -0.05) is 17.7 Å². The zero-order valence-electron chi connectivity index (χ0n) is 15.1. The first-order valence-electron chi connectivity index (χ1n) is 8.09. The molecular formula is C19H21ClF3N3. The predicted molar refractivity (Wildman–Crippen MR) is 102 cm³/mol. The highest BCUT2D eigenvalue weighted by Crippen LogP contribution is 2.37. The van der Waals surface area contributed by atoms with Crippen molar-refractivity contribution in [1.29, 1.82) is 0 Å². The van der Waals surface area contributed by atoms with Crippen LogP contribution in [0.1, 0.15) is 18.1 Å². The number of aryl methyl sites for hydroxylation is 1. The summed E-state index contributed by atoms with van der Waals surface area (Å²) in [4.78, 5) is 7.95. The number of alkyl halides is 3. The van der Waals surface area contributed by atoms with Crippen molar-refractivity contribution in [3.05, 3.63) is 52.5 Å². The Morgan fingerprint density at radius 2 is 1.85 bits per heavy atom. The van der Waals surface area contributed by atoms with Crippen LogP contribution >= 0.6 is 11.6 Å². The van der Waals surface area contributed by atoms with Gasteiger partial charge >= 0.3 is 6.18 Å². The lowest BCUT2D eigenvalue weighted by Crippen LogP contribution is -2.14. The minimum Gasteiger partial charge on any atom is -0.366 e. The van der Waals surface area contributed by atoms with E-state index in [1.807, 2.05) is 31.9 Å². The third-order valence-corrected chi connectivity index (χ3v) is 4.38. The van der Waals surface area contributed by atoms with E-state index in [2.05, 4.69) is 4.99 Å². The normalized spacial score (nSPS) is 11.8. The molecule has 3 nitrogen and oxygen atoms in total. The highest BCUT2D eigenvalue weighted by atomic mass is 35.5. The zero-order valence-corrected chi connectivity index (χ0v) is 15.9. The van der Waals surface area contributed by atoms with Crippen molar-refractivity contribution in [2.24, 2.45) is 4.99 Å². The number of aliphatic imine (C=N–C) groups is 1. The van der Waals surface area contributed by atoms with E-state index in [0.717, 1.165) is 29.9 Å². The van der Waals surface area contributed by atoms with Crippen molar-refractivity contribution in [2.45, 2.75) is 20.0 Å². The zero-order chi connectivity index (χ0) is 19.5. The summed E-state index contributed by atoms with van der Waals surface area (Å²) in [7, 11) is 3.61. The van der Waals surface area contributed by atoms with Gasteiger partial charge in [-0.05, 0) is 49.7 Å². The monoisotopic (exact) mass is 383 g/mol. The van der Waals surface area contributed by atoms with Gasteiger partial charge in [-0.15, -0.1) is 0 Å². The van der Waals surface area contributed by atoms with Crippen molar-refractivity contribution in [2.75, 3.05) is 25.5 Å². The predicted octanol–water partition coefficient (Wildman–Crippen LogP) is 6.05. The van der Waals surface area contributed by atoms with Gasteiger partial charge in [0.25, 0.3) is 0 Å². The molecule has 2 rings (SSSR count). The molecule has 26 heavy (non-hydrogen) atoms. The SMILES string of the molecule is CCN(C)C=Nc1cc(C)c(N(C)c2cccc(C(F)(F)F)c2)cc1Cl. The highest BCUT2D eigenvalue weighted by Gasteiger charge is 2.30. The molecule has 0 saturated carbocycles. The molecule has 0 fully saturated rings. The smallest absolute Gasteiger partial charge is 0.366 e. The molecular weight excluding hydrogens is 363 g/mol. The summed E-state index contributed by atoms with van der Waals surface area (Å²) >= 11 is 6.32. The molecule has 2 aromatic carbocycles. The third-order valence-electron chi connectivity index (χ3n) is 4.08. The van der Waals surface area contributed by atoms with Gasteiger partial charge in [0.1, 0.15) is 0 Å². The van der Waals surface area contributed by atoms with Crippen molar-refractivity contribution >= 4 is 35.0 Å². The fourth-order valence-electron chi connectivity index (χ4n) is 2.39. The van der Waals surface area contributed by atoms with Crippen LogP contribution in [-0.4, -0.2) is 31.9 Å². The van der Waals surface area contributed by atoms with E-state index in [-0.39, 0.29) is 0 Å².